The van der Waals surface area contributed by atoms with E-state index in [1.54, 1.807) is 0 Å². The number of ether oxygens (including phenoxy) is 1. The summed E-state index contributed by atoms with van der Waals surface area (Å²) < 4.78 is 4.85. The minimum atomic E-state index is -0.597. The van der Waals surface area contributed by atoms with Crippen molar-refractivity contribution in [3.8, 4) is 0 Å². The number of rotatable bonds is 9. The van der Waals surface area contributed by atoms with Gasteiger partial charge in [0.2, 0.25) is 0 Å². The van der Waals surface area contributed by atoms with Gasteiger partial charge in [0.15, 0.2) is 0 Å². The molecule has 17 heavy (non-hydrogen) atoms. The summed E-state index contributed by atoms with van der Waals surface area (Å²) in [5.41, 5.74) is 7.55. The van der Waals surface area contributed by atoms with Crippen molar-refractivity contribution in [3.63, 3.8) is 0 Å². The molecule has 0 aliphatic carbocycles. The molecule has 0 aromatic carbocycles. The van der Waals surface area contributed by atoms with Crippen molar-refractivity contribution in [3.05, 3.63) is 10.4 Å². The highest BCUT2D eigenvalue weighted by Gasteiger charge is 2.35. The van der Waals surface area contributed by atoms with Gasteiger partial charge in [-0.2, -0.15) is 0 Å². The van der Waals surface area contributed by atoms with E-state index in [0.29, 0.717) is 25.9 Å². The Bertz CT molecular complexity index is 277. The van der Waals surface area contributed by atoms with Gasteiger partial charge in [0, 0.05) is 11.5 Å². The van der Waals surface area contributed by atoms with Crippen LogP contribution in [0.3, 0.4) is 0 Å². The molecule has 6 nitrogen and oxygen atoms in total. The number of carbonyl (C=O) groups is 1. The van der Waals surface area contributed by atoms with E-state index in [-0.39, 0.29) is 5.97 Å². The Morgan fingerprint density at radius 3 is 2.71 bits per heavy atom. The smallest absolute Gasteiger partial charge is 0.326 e. The number of methoxy groups -OCH3 is 1. The van der Waals surface area contributed by atoms with Gasteiger partial charge in [0.05, 0.1) is 7.11 Å². The molecule has 0 aromatic rings. The SMILES string of the molecule is CCCC(CC)(NCCCN=[N+]=[N-])C(=O)OC. The third kappa shape index (κ3) is 5.06. The lowest BCUT2D eigenvalue weighted by Gasteiger charge is -2.30. The van der Waals surface area contributed by atoms with Gasteiger partial charge in [-0.25, -0.2) is 0 Å². The number of nitrogens with zero attached hydrogens (tertiary/aromatic N) is 3. The van der Waals surface area contributed by atoms with Gasteiger partial charge in [-0.1, -0.05) is 25.4 Å². The molecule has 6 heteroatoms. The standard InChI is InChI=1S/C11H22N4O2/c1-4-7-11(5-2,10(16)17-3)13-8-6-9-14-15-12/h13H,4-9H2,1-3H3. The zero-order valence-corrected chi connectivity index (χ0v) is 10.9. The fourth-order valence-corrected chi connectivity index (χ4v) is 1.85. The lowest BCUT2D eigenvalue weighted by atomic mass is 9.90. The Morgan fingerprint density at radius 2 is 2.24 bits per heavy atom. The summed E-state index contributed by atoms with van der Waals surface area (Å²) in [5.74, 6) is -0.217. The van der Waals surface area contributed by atoms with Gasteiger partial charge < -0.3 is 10.1 Å². The molecular weight excluding hydrogens is 220 g/mol. The van der Waals surface area contributed by atoms with Gasteiger partial charge in [0.1, 0.15) is 5.54 Å². The molecule has 0 aliphatic heterocycles. The number of nitrogens with one attached hydrogen (secondary N) is 1. The maximum atomic E-state index is 11.8. The summed E-state index contributed by atoms with van der Waals surface area (Å²) >= 11 is 0. The van der Waals surface area contributed by atoms with Crippen LogP contribution >= 0.6 is 0 Å². The van der Waals surface area contributed by atoms with E-state index in [4.69, 9.17) is 10.3 Å². The minimum Gasteiger partial charge on any atom is -0.468 e. The first-order valence-electron chi connectivity index (χ1n) is 6.01. The molecule has 0 aromatic heterocycles. The molecule has 98 valence electrons. The molecule has 0 bridgehead atoms. The second kappa shape index (κ2) is 8.84. The molecule has 1 unspecified atom stereocenters. The second-order valence-corrected chi connectivity index (χ2v) is 3.91. The monoisotopic (exact) mass is 242 g/mol. The van der Waals surface area contributed by atoms with E-state index in [9.17, 15) is 4.79 Å². The lowest BCUT2D eigenvalue weighted by molar-refractivity contribution is -0.149. The first-order valence-corrected chi connectivity index (χ1v) is 6.01. The third-order valence-corrected chi connectivity index (χ3v) is 2.82. The Hall–Kier alpha value is -1.26. The Balaban J connectivity index is 4.36. The van der Waals surface area contributed by atoms with Crippen LogP contribution in [0.2, 0.25) is 0 Å². The highest BCUT2D eigenvalue weighted by atomic mass is 16.5. The summed E-state index contributed by atoms with van der Waals surface area (Å²) in [6.45, 7) is 5.08. The van der Waals surface area contributed by atoms with Crippen molar-refractivity contribution in [2.24, 2.45) is 5.11 Å². The maximum absolute atomic E-state index is 11.8. The Labute approximate surface area is 102 Å². The van der Waals surface area contributed by atoms with Crippen molar-refractivity contribution in [2.45, 2.75) is 45.1 Å². The van der Waals surface area contributed by atoms with Crippen molar-refractivity contribution >= 4 is 5.97 Å². The molecule has 0 radical (unpaired) electrons. The maximum Gasteiger partial charge on any atom is 0.326 e. The van der Waals surface area contributed by atoms with Crippen LogP contribution in [0, 0.1) is 0 Å². The van der Waals surface area contributed by atoms with Crippen molar-refractivity contribution < 1.29 is 9.53 Å². The third-order valence-electron chi connectivity index (χ3n) is 2.82. The van der Waals surface area contributed by atoms with Crippen LogP contribution in [0.4, 0.5) is 0 Å². The summed E-state index contributed by atoms with van der Waals surface area (Å²) in [6, 6.07) is 0. The first kappa shape index (κ1) is 15.7. The van der Waals surface area contributed by atoms with E-state index in [2.05, 4.69) is 15.3 Å². The van der Waals surface area contributed by atoms with Crippen molar-refractivity contribution in [2.75, 3.05) is 20.2 Å². The quantitative estimate of drug-likeness (QED) is 0.221. The zero-order chi connectivity index (χ0) is 13.1. The highest BCUT2D eigenvalue weighted by molar-refractivity contribution is 5.80. The summed E-state index contributed by atoms with van der Waals surface area (Å²) in [7, 11) is 1.41. The van der Waals surface area contributed by atoms with E-state index < -0.39 is 5.54 Å². The molecule has 0 rings (SSSR count). The predicted molar refractivity (Wildman–Crippen MR) is 66.6 cm³/mol. The molecule has 1 atom stereocenters. The number of hydrogen-bond donors (Lipinski definition) is 1. The van der Waals surface area contributed by atoms with Crippen LogP contribution in [-0.4, -0.2) is 31.7 Å². The molecule has 0 saturated carbocycles. The Morgan fingerprint density at radius 1 is 1.53 bits per heavy atom. The van der Waals surface area contributed by atoms with Crippen molar-refractivity contribution in [1.82, 2.24) is 5.32 Å². The zero-order valence-electron chi connectivity index (χ0n) is 10.9. The highest BCUT2D eigenvalue weighted by Crippen LogP contribution is 2.19. The van der Waals surface area contributed by atoms with Crippen molar-refractivity contribution in [1.29, 1.82) is 0 Å². The lowest BCUT2D eigenvalue weighted by Crippen LogP contribution is -2.52. The van der Waals surface area contributed by atoms with Gasteiger partial charge in [-0.15, -0.1) is 0 Å². The minimum absolute atomic E-state index is 0.217. The Kier molecular flexibility index (Phi) is 8.19. The topological polar surface area (TPSA) is 87.1 Å². The van der Waals surface area contributed by atoms with Crippen LogP contribution < -0.4 is 5.32 Å². The number of hydrogen-bond acceptors (Lipinski definition) is 4. The molecular formula is C11H22N4O2. The van der Waals surface area contributed by atoms with Crippen LogP contribution in [0.5, 0.6) is 0 Å². The van der Waals surface area contributed by atoms with Gasteiger partial charge in [0.25, 0.3) is 0 Å². The molecule has 0 heterocycles. The van der Waals surface area contributed by atoms with Gasteiger partial charge >= 0.3 is 5.97 Å². The van der Waals surface area contributed by atoms with Gasteiger partial charge in [-0.3, -0.25) is 4.79 Å². The number of carbonyl (C=O) groups excluding carboxylic acids is 1. The molecule has 0 aliphatic rings. The average Bonchev–Trinajstić information content (AvgIpc) is 2.36. The predicted octanol–water partition coefficient (Wildman–Crippen LogP) is 2.40. The second-order valence-electron chi connectivity index (χ2n) is 3.91. The number of azide groups is 1. The average molecular weight is 242 g/mol. The van der Waals surface area contributed by atoms with Gasteiger partial charge in [-0.05, 0) is 31.3 Å². The summed E-state index contributed by atoms with van der Waals surface area (Å²) in [4.78, 5) is 14.5. The molecule has 0 fully saturated rings. The first-order chi connectivity index (χ1) is 8.16. The largest absolute Gasteiger partial charge is 0.468 e. The van der Waals surface area contributed by atoms with Crippen LogP contribution in [-0.2, 0) is 9.53 Å². The normalized spacial score (nSPS) is 13.6. The van der Waals surface area contributed by atoms with Crippen LogP contribution in [0.25, 0.3) is 10.4 Å². The van der Waals surface area contributed by atoms with E-state index in [0.717, 1.165) is 12.8 Å². The fourth-order valence-electron chi connectivity index (χ4n) is 1.85. The van der Waals surface area contributed by atoms with Crippen LogP contribution in [0.1, 0.15) is 39.5 Å². The summed E-state index contributed by atoms with van der Waals surface area (Å²) in [5, 5.41) is 6.69. The molecule has 0 spiro atoms. The summed E-state index contributed by atoms with van der Waals surface area (Å²) in [6.07, 6.45) is 3.06. The van der Waals surface area contributed by atoms with E-state index in [1.165, 1.54) is 7.11 Å². The number of esters is 1. The van der Waals surface area contributed by atoms with E-state index >= 15 is 0 Å². The van der Waals surface area contributed by atoms with E-state index in [1.807, 2.05) is 13.8 Å². The molecule has 0 amide bonds. The fraction of sp³-hybridized carbons (Fsp3) is 0.909. The molecule has 1 N–H and O–H groups in total. The van der Waals surface area contributed by atoms with Crippen LogP contribution in [0.15, 0.2) is 5.11 Å². The molecule has 0 saturated heterocycles.